The molecule has 2 rings (SSSR count). The molecule has 1 aromatic rings. The van der Waals surface area contributed by atoms with E-state index in [0.29, 0.717) is 6.04 Å². The summed E-state index contributed by atoms with van der Waals surface area (Å²) in [6, 6.07) is 6.45. The van der Waals surface area contributed by atoms with Gasteiger partial charge in [0.05, 0.1) is 11.7 Å². The summed E-state index contributed by atoms with van der Waals surface area (Å²) in [5, 5.41) is 3.52. The van der Waals surface area contributed by atoms with Crippen molar-refractivity contribution in [3.63, 3.8) is 0 Å². The fourth-order valence-electron chi connectivity index (χ4n) is 1.60. The van der Waals surface area contributed by atoms with Gasteiger partial charge in [0.25, 0.3) is 0 Å². The van der Waals surface area contributed by atoms with Crippen LogP contribution in [0.15, 0.2) is 22.7 Å². The van der Waals surface area contributed by atoms with Gasteiger partial charge >= 0.3 is 0 Å². The first-order chi connectivity index (χ1) is 6.97. The van der Waals surface area contributed by atoms with Gasteiger partial charge in [0.1, 0.15) is 12.4 Å². The molecule has 0 saturated carbocycles. The first-order valence-corrected chi connectivity index (χ1v) is 5.95. The van der Waals surface area contributed by atoms with E-state index in [1.165, 1.54) is 0 Å². The SMILES string of the molecule is CC(C)(C)C1COc2cc(Br)ccc2N1. The Hall–Kier alpha value is -0.700. The summed E-state index contributed by atoms with van der Waals surface area (Å²) in [6.45, 7) is 7.39. The predicted molar refractivity (Wildman–Crippen MR) is 66.5 cm³/mol. The van der Waals surface area contributed by atoms with Crippen molar-refractivity contribution in [1.82, 2.24) is 0 Å². The zero-order chi connectivity index (χ0) is 11.1. The third kappa shape index (κ3) is 2.28. The maximum Gasteiger partial charge on any atom is 0.143 e. The van der Waals surface area contributed by atoms with Crippen molar-refractivity contribution in [2.24, 2.45) is 5.41 Å². The molecule has 0 spiro atoms. The number of anilines is 1. The number of rotatable bonds is 0. The Bertz CT molecular complexity index is 370. The van der Waals surface area contributed by atoms with Crippen molar-refractivity contribution >= 4 is 21.6 Å². The largest absolute Gasteiger partial charge is 0.489 e. The number of hydrogen-bond acceptors (Lipinski definition) is 2. The molecule has 0 amide bonds. The van der Waals surface area contributed by atoms with Gasteiger partial charge in [-0.15, -0.1) is 0 Å². The topological polar surface area (TPSA) is 21.3 Å². The third-order valence-electron chi connectivity index (χ3n) is 2.72. The van der Waals surface area contributed by atoms with E-state index in [4.69, 9.17) is 4.74 Å². The Balaban J connectivity index is 2.24. The van der Waals surface area contributed by atoms with Gasteiger partial charge in [-0.2, -0.15) is 0 Å². The molecule has 15 heavy (non-hydrogen) atoms. The average molecular weight is 270 g/mol. The molecule has 0 fully saturated rings. The van der Waals surface area contributed by atoms with Crippen LogP contribution in [0.3, 0.4) is 0 Å². The molecule has 0 saturated heterocycles. The van der Waals surface area contributed by atoms with Gasteiger partial charge in [-0.25, -0.2) is 0 Å². The highest BCUT2D eigenvalue weighted by molar-refractivity contribution is 9.10. The standard InChI is InChI=1S/C12H16BrNO/c1-12(2,3)11-7-15-10-6-8(13)4-5-9(10)14-11/h4-6,11,14H,7H2,1-3H3. The van der Waals surface area contributed by atoms with Crippen molar-refractivity contribution < 1.29 is 4.74 Å². The van der Waals surface area contributed by atoms with Gasteiger partial charge in [-0.05, 0) is 23.6 Å². The first-order valence-electron chi connectivity index (χ1n) is 5.16. The summed E-state index contributed by atoms with van der Waals surface area (Å²) in [5.41, 5.74) is 1.30. The van der Waals surface area contributed by atoms with Crippen LogP contribution in [-0.2, 0) is 0 Å². The summed E-state index contributed by atoms with van der Waals surface area (Å²) in [7, 11) is 0. The van der Waals surface area contributed by atoms with Crippen LogP contribution < -0.4 is 10.1 Å². The van der Waals surface area contributed by atoms with Crippen LogP contribution in [0.2, 0.25) is 0 Å². The molecule has 3 heteroatoms. The number of benzene rings is 1. The summed E-state index contributed by atoms with van der Waals surface area (Å²) in [6.07, 6.45) is 0. The second kappa shape index (κ2) is 3.71. The van der Waals surface area contributed by atoms with Crippen molar-refractivity contribution in [2.45, 2.75) is 26.8 Å². The van der Waals surface area contributed by atoms with Gasteiger partial charge in [-0.1, -0.05) is 36.7 Å². The highest BCUT2D eigenvalue weighted by atomic mass is 79.9. The monoisotopic (exact) mass is 269 g/mol. The lowest BCUT2D eigenvalue weighted by Gasteiger charge is -2.36. The van der Waals surface area contributed by atoms with E-state index < -0.39 is 0 Å². The zero-order valence-corrected chi connectivity index (χ0v) is 10.9. The van der Waals surface area contributed by atoms with Crippen LogP contribution >= 0.6 is 15.9 Å². The van der Waals surface area contributed by atoms with E-state index in [1.807, 2.05) is 12.1 Å². The molecule has 2 nitrogen and oxygen atoms in total. The van der Waals surface area contributed by atoms with Crippen LogP contribution in [0.4, 0.5) is 5.69 Å². The van der Waals surface area contributed by atoms with Crippen LogP contribution in [0.25, 0.3) is 0 Å². The van der Waals surface area contributed by atoms with Gasteiger partial charge < -0.3 is 10.1 Å². The highest BCUT2D eigenvalue weighted by Gasteiger charge is 2.29. The van der Waals surface area contributed by atoms with Crippen LogP contribution in [0.1, 0.15) is 20.8 Å². The van der Waals surface area contributed by atoms with E-state index in [0.717, 1.165) is 22.5 Å². The molecule has 1 N–H and O–H groups in total. The number of halogens is 1. The summed E-state index contributed by atoms with van der Waals surface area (Å²) in [5.74, 6) is 0.935. The van der Waals surface area contributed by atoms with Crippen molar-refractivity contribution in [3.05, 3.63) is 22.7 Å². The van der Waals surface area contributed by atoms with E-state index >= 15 is 0 Å². The Kier molecular flexibility index (Phi) is 2.67. The number of ether oxygens (including phenoxy) is 1. The molecule has 1 aliphatic heterocycles. The number of fused-ring (bicyclic) bond motifs is 1. The second-order valence-corrected chi connectivity index (χ2v) is 5.93. The maximum atomic E-state index is 5.75. The summed E-state index contributed by atoms with van der Waals surface area (Å²) in [4.78, 5) is 0. The van der Waals surface area contributed by atoms with Crippen LogP contribution in [-0.4, -0.2) is 12.6 Å². The van der Waals surface area contributed by atoms with Crippen molar-refractivity contribution in [3.8, 4) is 5.75 Å². The molecule has 82 valence electrons. The maximum absolute atomic E-state index is 5.75. The minimum atomic E-state index is 0.213. The van der Waals surface area contributed by atoms with Gasteiger partial charge in [0, 0.05) is 4.47 Å². The lowest BCUT2D eigenvalue weighted by atomic mass is 9.86. The minimum absolute atomic E-state index is 0.213. The molecule has 0 aliphatic carbocycles. The lowest BCUT2D eigenvalue weighted by Crippen LogP contribution is -2.41. The molecule has 1 unspecified atom stereocenters. The van der Waals surface area contributed by atoms with E-state index in [-0.39, 0.29) is 5.41 Å². The Morgan fingerprint density at radius 2 is 2.13 bits per heavy atom. The van der Waals surface area contributed by atoms with E-state index in [9.17, 15) is 0 Å². The van der Waals surface area contributed by atoms with Gasteiger partial charge in [0.2, 0.25) is 0 Å². The van der Waals surface area contributed by atoms with Crippen LogP contribution in [0.5, 0.6) is 5.75 Å². The molecule has 0 aromatic heterocycles. The minimum Gasteiger partial charge on any atom is -0.489 e. The fourth-order valence-corrected chi connectivity index (χ4v) is 1.94. The zero-order valence-electron chi connectivity index (χ0n) is 9.30. The molecule has 1 atom stereocenters. The van der Waals surface area contributed by atoms with Crippen molar-refractivity contribution in [1.29, 1.82) is 0 Å². The second-order valence-electron chi connectivity index (χ2n) is 5.01. The summed E-state index contributed by atoms with van der Waals surface area (Å²) >= 11 is 3.44. The third-order valence-corrected chi connectivity index (χ3v) is 3.22. The number of nitrogens with one attached hydrogen (secondary N) is 1. The molecule has 1 aliphatic rings. The Labute approximate surface area is 99.1 Å². The van der Waals surface area contributed by atoms with E-state index in [1.54, 1.807) is 0 Å². The molecule has 1 aromatic carbocycles. The fraction of sp³-hybridized carbons (Fsp3) is 0.500. The highest BCUT2D eigenvalue weighted by Crippen LogP contribution is 2.35. The molecule has 0 radical (unpaired) electrons. The first kappa shape index (κ1) is 10.8. The Morgan fingerprint density at radius 1 is 1.40 bits per heavy atom. The molecule has 1 heterocycles. The van der Waals surface area contributed by atoms with Crippen molar-refractivity contribution in [2.75, 3.05) is 11.9 Å². The quantitative estimate of drug-likeness (QED) is 0.776. The predicted octanol–water partition coefficient (Wildman–Crippen LogP) is 3.67. The summed E-state index contributed by atoms with van der Waals surface area (Å²) < 4.78 is 6.80. The molecular formula is C12H16BrNO. The molecular weight excluding hydrogens is 254 g/mol. The smallest absolute Gasteiger partial charge is 0.143 e. The van der Waals surface area contributed by atoms with Crippen LogP contribution in [0, 0.1) is 5.41 Å². The number of hydrogen-bond donors (Lipinski definition) is 1. The molecule has 0 bridgehead atoms. The van der Waals surface area contributed by atoms with E-state index in [2.05, 4.69) is 48.1 Å². The van der Waals surface area contributed by atoms with Gasteiger partial charge in [-0.3, -0.25) is 0 Å². The van der Waals surface area contributed by atoms with Gasteiger partial charge in [0.15, 0.2) is 0 Å². The average Bonchev–Trinajstić information content (AvgIpc) is 2.15. The lowest BCUT2D eigenvalue weighted by molar-refractivity contribution is 0.207. The Morgan fingerprint density at radius 3 is 2.80 bits per heavy atom. The normalized spacial score (nSPS) is 20.1.